The van der Waals surface area contributed by atoms with Crippen molar-refractivity contribution in [3.05, 3.63) is 95.9 Å². The Morgan fingerprint density at radius 3 is 2.42 bits per heavy atom. The molecule has 0 fully saturated rings. The summed E-state index contributed by atoms with van der Waals surface area (Å²) in [5.74, 6) is 1.53. The van der Waals surface area contributed by atoms with Crippen molar-refractivity contribution < 1.29 is 9.18 Å². The van der Waals surface area contributed by atoms with E-state index in [1.165, 1.54) is 24.5 Å². The molecule has 4 rings (SSSR count). The van der Waals surface area contributed by atoms with E-state index in [0.717, 1.165) is 40.5 Å². The third kappa shape index (κ3) is 8.71. The first kappa shape index (κ1) is 27.8. The average molecular weight is 491 g/mol. The van der Waals surface area contributed by atoms with Gasteiger partial charge in [-0.25, -0.2) is 18.9 Å². The number of anilines is 1. The van der Waals surface area contributed by atoms with Crippen LogP contribution in [-0.2, 0) is 7.05 Å². The summed E-state index contributed by atoms with van der Waals surface area (Å²) in [5.41, 5.74) is 4.24. The molecule has 4 aromatic heterocycles. The zero-order chi connectivity index (χ0) is 26.5. The number of fused-ring (bicyclic) bond motifs is 1. The van der Waals surface area contributed by atoms with Gasteiger partial charge in [-0.05, 0) is 63.6 Å². The second-order valence-corrected chi connectivity index (χ2v) is 7.63. The molecular formula is C26H31FN8O. The second-order valence-electron chi connectivity index (χ2n) is 7.63. The number of imidazole rings is 2. The highest BCUT2D eigenvalue weighted by Gasteiger charge is 2.02. The number of nitrogens with one attached hydrogen (secondary N) is 1. The Hall–Kier alpha value is -4.47. The minimum Gasteiger partial charge on any atom is -0.372 e. The highest BCUT2D eigenvalue weighted by molar-refractivity contribution is 5.73. The largest absolute Gasteiger partial charge is 0.372 e. The van der Waals surface area contributed by atoms with E-state index < -0.39 is 0 Å². The molecule has 0 aliphatic rings. The number of hydrogen-bond acceptors (Lipinski definition) is 7. The van der Waals surface area contributed by atoms with E-state index in [2.05, 4.69) is 30.6 Å². The molecular weight excluding hydrogens is 459 g/mol. The minimum absolute atomic E-state index is 0.255. The number of hydrogen-bond donors (Lipinski definition) is 1. The van der Waals surface area contributed by atoms with Gasteiger partial charge in [0.05, 0.1) is 30.0 Å². The molecule has 0 unspecified atom stereocenters. The van der Waals surface area contributed by atoms with Crippen LogP contribution in [0.15, 0.2) is 73.1 Å². The van der Waals surface area contributed by atoms with E-state index in [-0.39, 0.29) is 5.83 Å². The van der Waals surface area contributed by atoms with Gasteiger partial charge in [0.2, 0.25) is 0 Å². The number of rotatable bonds is 5. The number of allylic oxidation sites excluding steroid dienone is 6. The van der Waals surface area contributed by atoms with Crippen molar-refractivity contribution in [2.45, 2.75) is 27.7 Å². The van der Waals surface area contributed by atoms with Crippen molar-refractivity contribution in [1.29, 1.82) is 0 Å². The quantitative estimate of drug-likeness (QED) is 0.312. The van der Waals surface area contributed by atoms with E-state index in [0.29, 0.717) is 5.56 Å². The maximum atomic E-state index is 13.1. The van der Waals surface area contributed by atoms with Crippen LogP contribution in [0.4, 0.5) is 10.2 Å². The van der Waals surface area contributed by atoms with Crippen molar-refractivity contribution in [3.8, 4) is 0 Å². The summed E-state index contributed by atoms with van der Waals surface area (Å²) in [6, 6.07) is 5.49. The molecule has 0 bridgehead atoms. The molecule has 36 heavy (non-hydrogen) atoms. The lowest BCUT2D eigenvalue weighted by atomic mass is 10.2. The molecule has 10 heteroatoms. The van der Waals surface area contributed by atoms with Gasteiger partial charge in [0.1, 0.15) is 17.5 Å². The summed E-state index contributed by atoms with van der Waals surface area (Å²) in [6.07, 6.45) is 13.7. The maximum Gasteiger partial charge on any atom is 0.156 e. The summed E-state index contributed by atoms with van der Waals surface area (Å²) >= 11 is 0. The fourth-order valence-electron chi connectivity index (χ4n) is 2.72. The predicted molar refractivity (Wildman–Crippen MR) is 140 cm³/mol. The third-order valence-corrected chi connectivity index (χ3v) is 4.78. The summed E-state index contributed by atoms with van der Waals surface area (Å²) in [4.78, 5) is 18.6. The Morgan fingerprint density at radius 1 is 1.08 bits per heavy atom. The fraction of sp³-hybridized carbons (Fsp3) is 0.231. The molecule has 0 aliphatic heterocycles. The standard InChI is InChI=1S/C13H17FN2.C8H10N4.C5H4N2O/c1-5-6-12(14)8-7-10(2)13-9-16(4)11(3)15-13;1-6-3-4-8-10-7(9-2)5-12(8)11-6;8-4-5-1-2-6-7-3-5/h5-9H,1-4H3;3-5,9H,1-2H3;1-4H/b6-5-,10-7+,12-8+;;. The molecule has 0 atom stereocenters. The van der Waals surface area contributed by atoms with Gasteiger partial charge in [0, 0.05) is 25.9 Å². The molecule has 0 aliphatic carbocycles. The van der Waals surface area contributed by atoms with E-state index >= 15 is 0 Å². The normalized spacial score (nSPS) is 11.5. The fourth-order valence-corrected chi connectivity index (χ4v) is 2.72. The summed E-state index contributed by atoms with van der Waals surface area (Å²) in [7, 11) is 3.78. The predicted octanol–water partition coefficient (Wildman–Crippen LogP) is 4.93. The monoisotopic (exact) mass is 490 g/mol. The Morgan fingerprint density at radius 2 is 1.86 bits per heavy atom. The Labute approximate surface area is 210 Å². The SMILES string of the molecule is CNc1cn2nc(C)ccc2n1.C\C=C/C(F)=C\C=C(/C)c1cn(C)c(C)n1.O=Cc1ccnnc1. The number of aryl methyl sites for hydroxylation is 3. The number of halogens is 1. The van der Waals surface area contributed by atoms with Gasteiger partial charge in [-0.2, -0.15) is 15.3 Å². The van der Waals surface area contributed by atoms with E-state index in [1.807, 2.05) is 64.0 Å². The van der Waals surface area contributed by atoms with Crippen LogP contribution in [0.3, 0.4) is 0 Å². The van der Waals surface area contributed by atoms with Crippen LogP contribution >= 0.6 is 0 Å². The zero-order valence-electron chi connectivity index (χ0n) is 21.3. The van der Waals surface area contributed by atoms with Gasteiger partial charge >= 0.3 is 0 Å². The molecule has 4 aromatic rings. The first-order chi connectivity index (χ1) is 17.3. The number of nitrogens with zero attached hydrogens (tertiary/aromatic N) is 7. The third-order valence-electron chi connectivity index (χ3n) is 4.78. The maximum absolute atomic E-state index is 13.1. The number of aldehydes is 1. The summed E-state index contributed by atoms with van der Waals surface area (Å²) in [5, 5.41) is 14.2. The van der Waals surface area contributed by atoms with Crippen LogP contribution in [0, 0.1) is 13.8 Å². The van der Waals surface area contributed by atoms with Crippen molar-refractivity contribution in [2.24, 2.45) is 7.05 Å². The molecule has 0 radical (unpaired) electrons. The van der Waals surface area contributed by atoms with Gasteiger partial charge in [-0.3, -0.25) is 4.79 Å². The second kappa shape index (κ2) is 14.1. The van der Waals surface area contributed by atoms with Gasteiger partial charge in [0.25, 0.3) is 0 Å². The molecule has 9 nitrogen and oxygen atoms in total. The smallest absolute Gasteiger partial charge is 0.156 e. The molecule has 0 amide bonds. The highest BCUT2D eigenvalue weighted by atomic mass is 19.1. The summed E-state index contributed by atoms with van der Waals surface area (Å²) in [6.45, 7) is 7.60. The van der Waals surface area contributed by atoms with E-state index in [1.54, 1.807) is 29.7 Å². The lowest BCUT2D eigenvalue weighted by molar-refractivity contribution is 0.112. The van der Waals surface area contributed by atoms with Crippen LogP contribution in [0.2, 0.25) is 0 Å². The first-order valence-corrected chi connectivity index (χ1v) is 11.2. The summed E-state index contributed by atoms with van der Waals surface area (Å²) < 4.78 is 16.8. The van der Waals surface area contributed by atoms with Crippen LogP contribution in [0.1, 0.15) is 41.4 Å². The van der Waals surface area contributed by atoms with Crippen LogP contribution in [-0.4, -0.2) is 47.7 Å². The first-order valence-electron chi connectivity index (χ1n) is 11.2. The molecule has 0 spiro atoms. The van der Waals surface area contributed by atoms with Crippen molar-refractivity contribution in [2.75, 3.05) is 12.4 Å². The number of aromatic nitrogens is 7. The highest BCUT2D eigenvalue weighted by Crippen LogP contribution is 2.13. The van der Waals surface area contributed by atoms with Crippen LogP contribution in [0.25, 0.3) is 11.2 Å². The number of carbonyl (C=O) groups is 1. The molecule has 188 valence electrons. The molecule has 0 saturated heterocycles. The van der Waals surface area contributed by atoms with Gasteiger partial charge in [-0.1, -0.05) is 12.2 Å². The lowest BCUT2D eigenvalue weighted by Gasteiger charge is -1.92. The zero-order valence-corrected chi connectivity index (χ0v) is 21.3. The topological polar surface area (TPSA) is 103 Å². The van der Waals surface area contributed by atoms with Crippen molar-refractivity contribution in [3.63, 3.8) is 0 Å². The van der Waals surface area contributed by atoms with E-state index in [9.17, 15) is 9.18 Å². The Balaban J connectivity index is 0.000000201. The van der Waals surface area contributed by atoms with Crippen molar-refractivity contribution in [1.82, 2.24) is 34.3 Å². The molecule has 0 saturated carbocycles. The Bertz CT molecular complexity index is 1330. The lowest BCUT2D eigenvalue weighted by Crippen LogP contribution is -1.91. The van der Waals surface area contributed by atoms with E-state index in [4.69, 9.17) is 0 Å². The van der Waals surface area contributed by atoms with Gasteiger partial charge < -0.3 is 9.88 Å². The van der Waals surface area contributed by atoms with Crippen molar-refractivity contribution >= 4 is 23.3 Å². The molecule has 0 aromatic carbocycles. The van der Waals surface area contributed by atoms with Crippen LogP contribution in [0.5, 0.6) is 0 Å². The number of carbonyl (C=O) groups excluding carboxylic acids is 1. The van der Waals surface area contributed by atoms with Gasteiger partial charge in [-0.15, -0.1) is 0 Å². The average Bonchev–Trinajstić information content (AvgIpc) is 3.45. The molecule has 4 heterocycles. The van der Waals surface area contributed by atoms with Crippen LogP contribution < -0.4 is 5.32 Å². The minimum atomic E-state index is -0.255. The molecule has 1 N–H and O–H groups in total. The van der Waals surface area contributed by atoms with Gasteiger partial charge in [0.15, 0.2) is 11.9 Å². The Kier molecular flexibility index (Phi) is 10.8.